The molecule has 2 atom stereocenters. The van der Waals surface area contributed by atoms with E-state index < -0.39 is 0 Å². The van der Waals surface area contributed by atoms with Crippen molar-refractivity contribution in [2.45, 2.75) is 54.4 Å². The number of piperidine rings is 1. The quantitative estimate of drug-likeness (QED) is 0.572. The predicted octanol–water partition coefficient (Wildman–Crippen LogP) is 3.43. The second kappa shape index (κ2) is 9.09. The molecule has 1 spiro atoms. The summed E-state index contributed by atoms with van der Waals surface area (Å²) in [5.74, 6) is -0.0870. The lowest BCUT2D eigenvalue weighted by Gasteiger charge is -2.39. The average molecular weight is 504 g/mol. The number of thioether (sulfide) groups is 1. The van der Waals surface area contributed by atoms with Crippen molar-refractivity contribution in [3.8, 4) is 0 Å². The van der Waals surface area contributed by atoms with Crippen LogP contribution in [0.2, 0.25) is 0 Å². The Morgan fingerprint density at radius 1 is 1.14 bits per heavy atom. The summed E-state index contributed by atoms with van der Waals surface area (Å²) in [5.41, 5.74) is 2.16. The number of carbonyl (C=O) groups excluding carboxylic acids is 2. The Morgan fingerprint density at radius 2 is 1.94 bits per heavy atom. The molecular weight excluding hydrogens is 474 g/mol. The molecule has 3 aliphatic rings. The first-order valence-corrected chi connectivity index (χ1v) is 13.4. The van der Waals surface area contributed by atoms with Crippen molar-refractivity contribution in [3.05, 3.63) is 75.7 Å². The molecular formula is C28H29N3O4S. The standard InChI is InChI=1S/C28H29N3O4S/c1-17-6-7-19-14-24(36-23(19)12-17)27(34)31-10-8-28(9-11-31)15-20(16-35-28)29-26(33)22-13-18-4-2-3-5-21(18)25(32)30-22/h2-7,12-13,20,24H,8-11,14-16H2,1H3,(H,29,33)(H,30,32). The molecule has 2 unspecified atom stereocenters. The van der Waals surface area contributed by atoms with Gasteiger partial charge in [0.1, 0.15) is 5.69 Å². The molecule has 0 radical (unpaired) electrons. The lowest BCUT2D eigenvalue weighted by Crippen LogP contribution is -2.49. The summed E-state index contributed by atoms with van der Waals surface area (Å²) < 4.78 is 6.21. The van der Waals surface area contributed by atoms with Gasteiger partial charge in [0.25, 0.3) is 11.5 Å². The van der Waals surface area contributed by atoms with Crippen LogP contribution in [0.25, 0.3) is 10.8 Å². The van der Waals surface area contributed by atoms with Gasteiger partial charge < -0.3 is 19.9 Å². The Labute approximate surface area is 213 Å². The number of likely N-dealkylation sites (tertiary alicyclic amines) is 1. The average Bonchev–Trinajstić information content (AvgIpc) is 3.48. The molecule has 2 aromatic carbocycles. The van der Waals surface area contributed by atoms with E-state index in [1.807, 2.05) is 17.0 Å². The minimum atomic E-state index is -0.311. The maximum atomic E-state index is 13.2. The van der Waals surface area contributed by atoms with E-state index in [4.69, 9.17) is 4.74 Å². The second-order valence-electron chi connectivity index (χ2n) is 10.2. The predicted molar refractivity (Wildman–Crippen MR) is 139 cm³/mol. The number of aromatic nitrogens is 1. The molecule has 36 heavy (non-hydrogen) atoms. The number of hydrogen-bond acceptors (Lipinski definition) is 5. The van der Waals surface area contributed by atoms with Crippen LogP contribution >= 0.6 is 11.8 Å². The van der Waals surface area contributed by atoms with Gasteiger partial charge in [-0.05, 0) is 61.8 Å². The molecule has 0 aliphatic carbocycles. The molecule has 6 rings (SSSR count). The van der Waals surface area contributed by atoms with E-state index in [1.54, 1.807) is 30.0 Å². The highest BCUT2D eigenvalue weighted by Crippen LogP contribution is 2.40. The van der Waals surface area contributed by atoms with E-state index in [0.717, 1.165) is 24.6 Å². The number of H-pyrrole nitrogens is 1. The minimum Gasteiger partial charge on any atom is -0.373 e. The SMILES string of the molecule is Cc1ccc2c(c1)SC(C(=O)N1CCC3(CC1)CC(NC(=O)c1cc4ccccc4c(=O)[nH]1)CO3)C2. The fraction of sp³-hybridized carbons (Fsp3) is 0.393. The summed E-state index contributed by atoms with van der Waals surface area (Å²) in [5, 5.41) is 4.29. The molecule has 1 aromatic heterocycles. The first-order chi connectivity index (χ1) is 17.4. The largest absolute Gasteiger partial charge is 0.373 e. The number of pyridine rings is 1. The zero-order valence-electron chi connectivity index (χ0n) is 20.2. The first kappa shape index (κ1) is 23.3. The summed E-state index contributed by atoms with van der Waals surface area (Å²) in [6.45, 7) is 3.86. The number of nitrogens with zero attached hydrogens (tertiary/aromatic N) is 1. The summed E-state index contributed by atoms with van der Waals surface area (Å²) >= 11 is 1.69. The van der Waals surface area contributed by atoms with Gasteiger partial charge in [-0.3, -0.25) is 14.4 Å². The maximum absolute atomic E-state index is 13.2. The molecule has 3 aliphatic heterocycles. The van der Waals surface area contributed by atoms with Crippen LogP contribution < -0.4 is 10.9 Å². The van der Waals surface area contributed by atoms with Crippen LogP contribution in [-0.4, -0.2) is 58.3 Å². The number of benzene rings is 2. The normalized spacial score (nSPS) is 22.6. The lowest BCUT2D eigenvalue weighted by atomic mass is 9.87. The third-order valence-corrected chi connectivity index (χ3v) is 8.99. The number of carbonyl (C=O) groups is 2. The van der Waals surface area contributed by atoms with Gasteiger partial charge in [-0.15, -0.1) is 11.8 Å². The monoisotopic (exact) mass is 503 g/mol. The van der Waals surface area contributed by atoms with Gasteiger partial charge in [0, 0.05) is 23.4 Å². The summed E-state index contributed by atoms with van der Waals surface area (Å²) in [7, 11) is 0. The zero-order chi connectivity index (χ0) is 24.9. The van der Waals surface area contributed by atoms with Gasteiger partial charge in [-0.1, -0.05) is 35.9 Å². The van der Waals surface area contributed by atoms with E-state index in [-0.39, 0.29) is 40.0 Å². The molecule has 0 saturated carbocycles. The molecule has 2 N–H and O–H groups in total. The number of aromatic amines is 1. The Morgan fingerprint density at radius 3 is 2.78 bits per heavy atom. The van der Waals surface area contributed by atoms with E-state index in [0.29, 0.717) is 31.5 Å². The number of rotatable bonds is 3. The molecule has 7 nitrogen and oxygen atoms in total. The third-order valence-electron chi connectivity index (χ3n) is 7.70. The maximum Gasteiger partial charge on any atom is 0.268 e. The van der Waals surface area contributed by atoms with Gasteiger partial charge in [-0.2, -0.15) is 0 Å². The molecule has 8 heteroatoms. The van der Waals surface area contributed by atoms with E-state index in [1.165, 1.54) is 16.0 Å². The molecule has 4 heterocycles. The number of fused-ring (bicyclic) bond motifs is 2. The highest BCUT2D eigenvalue weighted by Gasteiger charge is 2.45. The Kier molecular flexibility index (Phi) is 5.88. The van der Waals surface area contributed by atoms with E-state index >= 15 is 0 Å². The second-order valence-corrected chi connectivity index (χ2v) is 11.5. The van der Waals surface area contributed by atoms with Crippen LogP contribution in [0.15, 0.2) is 58.2 Å². The minimum absolute atomic E-state index is 0.0449. The van der Waals surface area contributed by atoms with Crippen molar-refractivity contribution in [2.75, 3.05) is 19.7 Å². The van der Waals surface area contributed by atoms with Gasteiger partial charge >= 0.3 is 0 Å². The highest BCUT2D eigenvalue weighted by molar-refractivity contribution is 8.01. The van der Waals surface area contributed by atoms with Crippen molar-refractivity contribution in [2.24, 2.45) is 0 Å². The molecule has 0 bridgehead atoms. The first-order valence-electron chi connectivity index (χ1n) is 12.5. The summed E-state index contributed by atoms with van der Waals surface area (Å²) in [6, 6.07) is 15.2. The van der Waals surface area contributed by atoms with Crippen LogP contribution in [0.5, 0.6) is 0 Å². The Bertz CT molecular complexity index is 1410. The molecule has 2 saturated heterocycles. The van der Waals surface area contributed by atoms with Gasteiger partial charge in [-0.25, -0.2) is 0 Å². The number of nitrogens with one attached hydrogen (secondary N) is 2. The lowest BCUT2D eigenvalue weighted by molar-refractivity contribution is -0.135. The highest BCUT2D eigenvalue weighted by atomic mass is 32.2. The van der Waals surface area contributed by atoms with Gasteiger partial charge in [0.2, 0.25) is 5.91 Å². The van der Waals surface area contributed by atoms with Gasteiger partial charge in [0.05, 0.1) is 23.5 Å². The van der Waals surface area contributed by atoms with E-state index in [2.05, 4.69) is 35.4 Å². The summed E-state index contributed by atoms with van der Waals surface area (Å²) in [4.78, 5) is 44.4. The molecule has 2 amide bonds. The topological polar surface area (TPSA) is 91.5 Å². The summed E-state index contributed by atoms with van der Waals surface area (Å²) in [6.07, 6.45) is 3.03. The van der Waals surface area contributed by atoms with Crippen LogP contribution in [-0.2, 0) is 16.0 Å². The van der Waals surface area contributed by atoms with Gasteiger partial charge in [0.15, 0.2) is 0 Å². The number of aryl methyl sites for hydroxylation is 1. The van der Waals surface area contributed by atoms with Crippen molar-refractivity contribution >= 4 is 34.3 Å². The number of hydrogen-bond donors (Lipinski definition) is 2. The number of ether oxygens (including phenoxy) is 1. The van der Waals surface area contributed by atoms with Crippen LogP contribution in [0, 0.1) is 6.92 Å². The Hall–Kier alpha value is -3.10. The fourth-order valence-corrected chi connectivity index (χ4v) is 7.07. The van der Waals surface area contributed by atoms with Crippen LogP contribution in [0.4, 0.5) is 0 Å². The molecule has 3 aromatic rings. The molecule has 2 fully saturated rings. The van der Waals surface area contributed by atoms with Crippen molar-refractivity contribution in [1.82, 2.24) is 15.2 Å². The fourth-order valence-electron chi connectivity index (χ4n) is 5.69. The van der Waals surface area contributed by atoms with Crippen LogP contribution in [0.1, 0.15) is 40.9 Å². The smallest absolute Gasteiger partial charge is 0.268 e. The van der Waals surface area contributed by atoms with Crippen molar-refractivity contribution < 1.29 is 14.3 Å². The third kappa shape index (κ3) is 4.33. The zero-order valence-corrected chi connectivity index (χ0v) is 21.0. The van der Waals surface area contributed by atoms with Crippen molar-refractivity contribution in [3.63, 3.8) is 0 Å². The Balaban J connectivity index is 1.05. The van der Waals surface area contributed by atoms with Crippen LogP contribution in [0.3, 0.4) is 0 Å². The molecule has 186 valence electrons. The number of amides is 2. The van der Waals surface area contributed by atoms with E-state index in [9.17, 15) is 14.4 Å². The van der Waals surface area contributed by atoms with Crippen molar-refractivity contribution in [1.29, 1.82) is 0 Å².